The Hall–Kier alpha value is -5.24. The lowest BCUT2D eigenvalue weighted by Crippen LogP contribution is -2.58. The fraction of sp³-hybridized carbons (Fsp3) is 0.361. The van der Waals surface area contributed by atoms with Crippen molar-refractivity contribution < 1.29 is 37.1 Å². The highest BCUT2D eigenvalue weighted by molar-refractivity contribution is 7.91. The van der Waals surface area contributed by atoms with Gasteiger partial charge in [0.1, 0.15) is 29.5 Å². The molecule has 2 heterocycles. The second kappa shape index (κ2) is 13.9. The van der Waals surface area contributed by atoms with Crippen LogP contribution in [-0.2, 0) is 35.6 Å². The van der Waals surface area contributed by atoms with Crippen LogP contribution in [0.4, 0.5) is 0 Å². The molecule has 0 spiro atoms. The molecule has 13 nitrogen and oxygen atoms in total. The summed E-state index contributed by atoms with van der Waals surface area (Å²) in [6.07, 6.45) is 4.64. The summed E-state index contributed by atoms with van der Waals surface area (Å²) in [5.74, 6) is -2.21. The van der Waals surface area contributed by atoms with Gasteiger partial charge in [0, 0.05) is 30.3 Å². The fourth-order valence-electron chi connectivity index (χ4n) is 6.38. The molecule has 2 aromatic carbocycles. The Bertz CT molecular complexity index is 1950. The second-order valence-electron chi connectivity index (χ2n) is 12.8. The van der Waals surface area contributed by atoms with Gasteiger partial charge in [-0.15, -0.1) is 6.58 Å². The zero-order valence-electron chi connectivity index (χ0n) is 27.5. The molecule has 1 saturated heterocycles. The van der Waals surface area contributed by atoms with Crippen molar-refractivity contribution >= 4 is 44.4 Å². The number of hydrogen-bond acceptors (Lipinski definition) is 9. The third-order valence-electron chi connectivity index (χ3n) is 9.39. The highest BCUT2D eigenvalue weighted by Crippen LogP contribution is 2.45. The lowest BCUT2D eigenvalue weighted by Gasteiger charge is -2.29. The number of carbonyl (C=O) groups is 4. The van der Waals surface area contributed by atoms with Crippen LogP contribution in [0.15, 0.2) is 86.1 Å². The zero-order valence-corrected chi connectivity index (χ0v) is 28.4. The molecular weight excluding hydrogens is 662 g/mol. The van der Waals surface area contributed by atoms with E-state index in [1.165, 1.54) is 11.0 Å². The van der Waals surface area contributed by atoms with Crippen molar-refractivity contribution in [2.24, 2.45) is 5.92 Å². The Morgan fingerprint density at radius 1 is 1.10 bits per heavy atom. The molecule has 262 valence electrons. The van der Waals surface area contributed by atoms with Crippen molar-refractivity contribution in [2.45, 2.75) is 61.1 Å². The van der Waals surface area contributed by atoms with E-state index in [2.05, 4.69) is 33.5 Å². The first-order valence-corrected chi connectivity index (χ1v) is 17.9. The number of carbonyl (C=O) groups excluding carboxylic acids is 4. The number of methoxy groups -OCH3 is 1. The maximum atomic E-state index is 14.3. The number of nitrogens with one attached hydrogen (secondary N) is 3. The minimum Gasteiger partial charge on any atom is -0.497 e. The Kier molecular flexibility index (Phi) is 9.65. The van der Waals surface area contributed by atoms with E-state index in [0.29, 0.717) is 29.9 Å². The highest BCUT2D eigenvalue weighted by atomic mass is 32.2. The molecule has 3 fully saturated rings. The van der Waals surface area contributed by atoms with Gasteiger partial charge < -0.3 is 25.0 Å². The van der Waals surface area contributed by atoms with Crippen LogP contribution in [0.1, 0.15) is 31.2 Å². The van der Waals surface area contributed by atoms with Crippen molar-refractivity contribution in [3.8, 4) is 11.6 Å². The van der Waals surface area contributed by atoms with E-state index in [9.17, 15) is 27.6 Å². The van der Waals surface area contributed by atoms with E-state index in [0.717, 1.165) is 17.0 Å². The van der Waals surface area contributed by atoms with Gasteiger partial charge in [0.25, 0.3) is 5.91 Å². The lowest BCUT2D eigenvalue weighted by molar-refractivity contribution is -0.142. The van der Waals surface area contributed by atoms with Crippen LogP contribution in [0, 0.1) is 5.92 Å². The number of fused-ring (bicyclic) bond motifs is 1. The van der Waals surface area contributed by atoms with Crippen molar-refractivity contribution in [3.63, 3.8) is 0 Å². The molecule has 50 heavy (non-hydrogen) atoms. The van der Waals surface area contributed by atoms with Gasteiger partial charge >= 0.3 is 0 Å². The summed E-state index contributed by atoms with van der Waals surface area (Å²) in [6.45, 7) is 7.23. The molecule has 2 saturated carbocycles. The number of likely N-dealkylation sites (tertiary alicyclic amines) is 1. The van der Waals surface area contributed by atoms with Crippen LogP contribution in [-0.4, -0.2) is 84.6 Å². The number of pyridine rings is 1. The quantitative estimate of drug-likeness (QED) is 0.168. The Labute approximate surface area is 290 Å². The van der Waals surface area contributed by atoms with E-state index in [1.807, 2.05) is 42.5 Å². The monoisotopic (exact) mass is 701 g/mol. The van der Waals surface area contributed by atoms with Gasteiger partial charge in [0.2, 0.25) is 33.6 Å². The molecule has 0 radical (unpaired) electrons. The van der Waals surface area contributed by atoms with Crippen molar-refractivity contribution in [3.05, 3.63) is 91.7 Å². The van der Waals surface area contributed by atoms with E-state index >= 15 is 0 Å². The first kappa shape index (κ1) is 34.6. The molecule has 0 bridgehead atoms. The number of nitrogens with zero attached hydrogens (tertiary/aromatic N) is 2. The standard InChI is InChI=1S/C36H39N5O8S/c1-4-24-20-36(24,35(45)40-50(46,47)27-12-13-27)39-32(43)30-19-26(49-33-28-14-11-25(48-3)18-23(28)15-16-37-33)21-41(30)34(44)29(38-31(42)5-2)17-22-9-7-6-8-10-22/h4-11,14-16,18,24,26-27,29-30H,1-2,12-13,17,19-21H2,3H3,(H,38,42)(H,39,43)(H,40,45)/t24-,26?,29-,30+,36-/m1/s1. The number of aromatic nitrogens is 1. The average Bonchev–Trinajstić information content (AvgIpc) is 4.04. The summed E-state index contributed by atoms with van der Waals surface area (Å²) in [6, 6.07) is 14.1. The fourth-order valence-corrected chi connectivity index (χ4v) is 7.75. The minimum absolute atomic E-state index is 0.0239. The molecule has 3 aliphatic rings. The van der Waals surface area contributed by atoms with E-state index in [1.54, 1.807) is 25.4 Å². The molecule has 1 aliphatic heterocycles. The second-order valence-corrected chi connectivity index (χ2v) is 14.8. The van der Waals surface area contributed by atoms with Crippen LogP contribution >= 0.6 is 0 Å². The predicted octanol–water partition coefficient (Wildman–Crippen LogP) is 2.17. The lowest BCUT2D eigenvalue weighted by atomic mass is 10.0. The summed E-state index contributed by atoms with van der Waals surface area (Å²) >= 11 is 0. The topological polar surface area (TPSA) is 173 Å². The van der Waals surface area contributed by atoms with Crippen molar-refractivity contribution in [2.75, 3.05) is 13.7 Å². The van der Waals surface area contributed by atoms with Gasteiger partial charge in [-0.05, 0) is 60.6 Å². The predicted molar refractivity (Wildman–Crippen MR) is 184 cm³/mol. The van der Waals surface area contributed by atoms with E-state index in [-0.39, 0.29) is 25.8 Å². The molecule has 5 atom stereocenters. The average molecular weight is 702 g/mol. The highest BCUT2D eigenvalue weighted by Gasteiger charge is 2.62. The number of amides is 4. The van der Waals surface area contributed by atoms with Crippen LogP contribution in [0.25, 0.3) is 10.8 Å². The first-order valence-electron chi connectivity index (χ1n) is 16.4. The molecule has 6 rings (SSSR count). The molecule has 14 heteroatoms. The summed E-state index contributed by atoms with van der Waals surface area (Å²) in [5, 5.41) is 6.33. The Morgan fingerprint density at radius 3 is 2.52 bits per heavy atom. The molecule has 3 aromatic rings. The maximum Gasteiger partial charge on any atom is 0.259 e. The molecular formula is C36H39N5O8S. The number of rotatable bonds is 14. The van der Waals surface area contributed by atoms with Crippen LogP contribution < -0.4 is 24.8 Å². The summed E-state index contributed by atoms with van der Waals surface area (Å²) in [7, 11) is -2.33. The SMILES string of the molecule is C=CC(=O)N[C@H](Cc1ccccc1)C(=O)N1CC(Oc2nccc3cc(OC)ccc23)C[C@H]1C(=O)N[C@]1(C(=O)NS(=O)(=O)C2CC2)C[C@H]1C=C. The molecule has 1 aromatic heterocycles. The number of ether oxygens (including phenoxy) is 2. The van der Waals surface area contributed by atoms with Crippen molar-refractivity contribution in [1.29, 1.82) is 0 Å². The number of sulfonamides is 1. The summed E-state index contributed by atoms with van der Waals surface area (Å²) in [4.78, 5) is 60.2. The van der Waals surface area contributed by atoms with E-state index < -0.39 is 68.5 Å². The van der Waals surface area contributed by atoms with Gasteiger partial charge in [-0.25, -0.2) is 13.4 Å². The van der Waals surface area contributed by atoms with Gasteiger partial charge in [-0.2, -0.15) is 0 Å². The van der Waals surface area contributed by atoms with Gasteiger partial charge in [0.15, 0.2) is 0 Å². The Balaban J connectivity index is 1.29. The maximum absolute atomic E-state index is 14.3. The van der Waals surface area contributed by atoms with Gasteiger partial charge in [-0.1, -0.05) is 43.0 Å². The van der Waals surface area contributed by atoms with Crippen LogP contribution in [0.3, 0.4) is 0 Å². The van der Waals surface area contributed by atoms with Gasteiger partial charge in [0.05, 0.1) is 18.9 Å². The number of benzene rings is 2. The largest absolute Gasteiger partial charge is 0.497 e. The van der Waals surface area contributed by atoms with Crippen LogP contribution in [0.2, 0.25) is 0 Å². The normalized spacial score (nSPS) is 23.3. The molecule has 1 unspecified atom stereocenters. The third kappa shape index (κ3) is 7.20. The van der Waals surface area contributed by atoms with Crippen LogP contribution in [0.5, 0.6) is 11.6 Å². The molecule has 3 N–H and O–H groups in total. The first-order chi connectivity index (χ1) is 24.0. The summed E-state index contributed by atoms with van der Waals surface area (Å²) in [5.41, 5.74) is -0.775. The van der Waals surface area contributed by atoms with Crippen molar-refractivity contribution in [1.82, 2.24) is 25.2 Å². The van der Waals surface area contributed by atoms with E-state index in [4.69, 9.17) is 9.47 Å². The molecule has 2 aliphatic carbocycles. The minimum atomic E-state index is -3.89. The van der Waals surface area contributed by atoms with Gasteiger partial charge in [-0.3, -0.25) is 23.9 Å². The number of hydrogen-bond donors (Lipinski definition) is 3. The smallest absolute Gasteiger partial charge is 0.259 e. The zero-order chi connectivity index (χ0) is 35.6. The Morgan fingerprint density at radius 2 is 1.86 bits per heavy atom. The summed E-state index contributed by atoms with van der Waals surface area (Å²) < 4.78 is 39.1. The third-order valence-corrected chi connectivity index (χ3v) is 11.2. The molecule has 4 amide bonds.